The second kappa shape index (κ2) is 6.81. The first-order valence-corrected chi connectivity index (χ1v) is 8.57. The van der Waals surface area contributed by atoms with Crippen molar-refractivity contribution >= 4 is 5.91 Å². The minimum atomic E-state index is -0.00143. The first-order valence-electron chi connectivity index (χ1n) is 8.57. The van der Waals surface area contributed by atoms with Gasteiger partial charge in [0.1, 0.15) is 6.10 Å². The molecule has 0 aromatic carbocycles. The van der Waals surface area contributed by atoms with E-state index in [9.17, 15) is 4.79 Å². The van der Waals surface area contributed by atoms with Gasteiger partial charge in [0, 0.05) is 50.2 Å². The summed E-state index contributed by atoms with van der Waals surface area (Å²) in [7, 11) is 1.92. The minimum Gasteiger partial charge on any atom is -0.372 e. The van der Waals surface area contributed by atoms with E-state index in [-0.39, 0.29) is 17.9 Å². The Morgan fingerprint density at radius 3 is 2.88 bits per heavy atom. The molecule has 1 N–H and O–H groups in total. The highest BCUT2D eigenvalue weighted by Gasteiger charge is 2.32. The molecule has 6 heteroatoms. The van der Waals surface area contributed by atoms with E-state index >= 15 is 0 Å². The molecule has 0 aliphatic carbocycles. The number of hydrogen-bond donors (Lipinski definition) is 1. The summed E-state index contributed by atoms with van der Waals surface area (Å²) in [5.74, 6) is 0.275. The highest BCUT2D eigenvalue weighted by Crippen LogP contribution is 2.33. The zero-order valence-corrected chi connectivity index (χ0v) is 14.9. The molecule has 3 rings (SSSR count). The molecule has 0 bridgehead atoms. The smallest absolute Gasteiger partial charge is 0.253 e. The summed E-state index contributed by atoms with van der Waals surface area (Å²) in [4.78, 5) is 12.6. The lowest BCUT2D eigenvalue weighted by molar-refractivity contribution is 0.0801. The molecule has 6 nitrogen and oxygen atoms in total. The van der Waals surface area contributed by atoms with Gasteiger partial charge in [-0.05, 0) is 39.3 Å². The maximum Gasteiger partial charge on any atom is 0.253 e. The third kappa shape index (κ3) is 2.98. The number of nitrogens with zero attached hydrogens (tertiary/aromatic N) is 3. The number of hydrogen-bond acceptors (Lipinski definition) is 3. The second-order valence-corrected chi connectivity index (χ2v) is 6.46. The van der Waals surface area contributed by atoms with Gasteiger partial charge in [0.25, 0.3) is 5.91 Å². The maximum atomic E-state index is 12.6. The molecule has 1 amide bonds. The lowest BCUT2D eigenvalue weighted by atomic mass is 9.98. The van der Waals surface area contributed by atoms with Crippen LogP contribution in [0.1, 0.15) is 46.9 Å². The summed E-state index contributed by atoms with van der Waals surface area (Å²) in [6, 6.07) is 3.96. The van der Waals surface area contributed by atoms with Gasteiger partial charge in [0.05, 0.1) is 11.3 Å². The van der Waals surface area contributed by atoms with Crippen LogP contribution in [0.15, 0.2) is 18.3 Å². The number of aromatic nitrogens is 3. The van der Waals surface area contributed by atoms with Crippen LogP contribution in [0.4, 0.5) is 0 Å². The molecule has 1 saturated heterocycles. The van der Waals surface area contributed by atoms with E-state index < -0.39 is 0 Å². The highest BCUT2D eigenvalue weighted by atomic mass is 16.5. The maximum absolute atomic E-state index is 12.6. The van der Waals surface area contributed by atoms with Crippen LogP contribution in [0.3, 0.4) is 0 Å². The van der Waals surface area contributed by atoms with Gasteiger partial charge in [-0.3, -0.25) is 9.48 Å². The van der Waals surface area contributed by atoms with Crippen molar-refractivity contribution < 1.29 is 9.53 Å². The fourth-order valence-corrected chi connectivity index (χ4v) is 3.67. The number of nitrogens with one attached hydrogen (secondary N) is 1. The first kappa shape index (κ1) is 16.8. The van der Waals surface area contributed by atoms with Gasteiger partial charge in [-0.1, -0.05) is 0 Å². The molecule has 2 atom stereocenters. The topological polar surface area (TPSA) is 61.1 Å². The minimum absolute atomic E-state index is 0.000808. The van der Waals surface area contributed by atoms with E-state index in [1.54, 1.807) is 6.20 Å². The molecule has 2 aromatic rings. The molecule has 2 aromatic heterocycles. The van der Waals surface area contributed by atoms with Crippen LogP contribution in [-0.2, 0) is 18.3 Å². The average molecular weight is 330 g/mol. The van der Waals surface area contributed by atoms with E-state index in [1.165, 1.54) is 0 Å². The summed E-state index contributed by atoms with van der Waals surface area (Å²) in [5, 5.41) is 7.31. The molecular weight excluding hydrogens is 304 g/mol. The van der Waals surface area contributed by atoms with Gasteiger partial charge in [-0.2, -0.15) is 5.10 Å². The van der Waals surface area contributed by atoms with E-state index in [0.29, 0.717) is 6.54 Å². The van der Waals surface area contributed by atoms with Crippen LogP contribution in [0.5, 0.6) is 0 Å². The lowest BCUT2D eigenvalue weighted by Crippen LogP contribution is -2.31. The normalized spacial score (nSPS) is 20.5. The van der Waals surface area contributed by atoms with Gasteiger partial charge in [-0.15, -0.1) is 0 Å². The lowest BCUT2D eigenvalue weighted by Gasteiger charge is -2.19. The Hall–Kier alpha value is -2.08. The molecule has 3 heterocycles. The van der Waals surface area contributed by atoms with E-state index in [4.69, 9.17) is 4.74 Å². The van der Waals surface area contributed by atoms with E-state index in [1.807, 2.05) is 37.7 Å². The van der Waals surface area contributed by atoms with Crippen LogP contribution in [-0.4, -0.2) is 33.4 Å². The van der Waals surface area contributed by atoms with Crippen LogP contribution in [0.2, 0.25) is 0 Å². The Bertz CT molecular complexity index is 731. The van der Waals surface area contributed by atoms with Gasteiger partial charge < -0.3 is 14.6 Å². The van der Waals surface area contributed by atoms with E-state index in [0.717, 1.165) is 42.2 Å². The predicted octanol–water partition coefficient (Wildman–Crippen LogP) is 2.37. The van der Waals surface area contributed by atoms with Crippen molar-refractivity contribution in [1.82, 2.24) is 19.7 Å². The Morgan fingerprint density at radius 2 is 2.25 bits per heavy atom. The zero-order chi connectivity index (χ0) is 17.3. The summed E-state index contributed by atoms with van der Waals surface area (Å²) < 4.78 is 9.88. The van der Waals surface area contributed by atoms with Crippen molar-refractivity contribution in [2.45, 2.75) is 39.8 Å². The Labute approximate surface area is 142 Å². The summed E-state index contributed by atoms with van der Waals surface area (Å²) >= 11 is 0. The SMILES string of the molecule is CCn1c(C)cc(C(=O)NC[C@@H]2CCO[C@H]2c2ccnn2C)c1C. The average Bonchev–Trinajstić information content (AvgIpc) is 3.24. The summed E-state index contributed by atoms with van der Waals surface area (Å²) in [6.07, 6.45) is 2.73. The monoisotopic (exact) mass is 330 g/mol. The van der Waals surface area contributed by atoms with Gasteiger partial charge in [0.2, 0.25) is 0 Å². The molecule has 0 radical (unpaired) electrons. The van der Waals surface area contributed by atoms with Crippen molar-refractivity contribution in [2.24, 2.45) is 13.0 Å². The second-order valence-electron chi connectivity index (χ2n) is 6.46. The number of amides is 1. The molecule has 0 spiro atoms. The largest absolute Gasteiger partial charge is 0.372 e. The van der Waals surface area contributed by atoms with Crippen LogP contribution in [0.25, 0.3) is 0 Å². The molecule has 0 unspecified atom stereocenters. The fourth-order valence-electron chi connectivity index (χ4n) is 3.67. The van der Waals surface area contributed by atoms with Crippen LogP contribution < -0.4 is 5.32 Å². The van der Waals surface area contributed by atoms with Crippen molar-refractivity contribution in [1.29, 1.82) is 0 Å². The summed E-state index contributed by atoms with van der Waals surface area (Å²) in [5.41, 5.74) is 3.98. The Morgan fingerprint density at radius 1 is 1.46 bits per heavy atom. The van der Waals surface area contributed by atoms with Crippen molar-refractivity contribution in [3.8, 4) is 0 Å². The standard InChI is InChI=1S/C18H26N4O2/c1-5-22-12(2)10-15(13(22)3)18(23)19-11-14-7-9-24-17(14)16-6-8-20-21(16)4/h6,8,10,14,17H,5,7,9,11H2,1-4H3,(H,19,23)/t14-,17+/m0/s1. The number of carbonyl (C=O) groups excluding carboxylic acids is 1. The van der Waals surface area contributed by atoms with Gasteiger partial charge in [-0.25, -0.2) is 0 Å². The van der Waals surface area contributed by atoms with Crippen molar-refractivity contribution in [2.75, 3.05) is 13.2 Å². The van der Waals surface area contributed by atoms with Crippen LogP contribution in [0, 0.1) is 19.8 Å². The Kier molecular flexibility index (Phi) is 4.76. The molecule has 0 saturated carbocycles. The van der Waals surface area contributed by atoms with Crippen LogP contribution >= 0.6 is 0 Å². The van der Waals surface area contributed by atoms with Gasteiger partial charge >= 0.3 is 0 Å². The number of rotatable bonds is 5. The van der Waals surface area contributed by atoms with E-state index in [2.05, 4.69) is 21.9 Å². The van der Waals surface area contributed by atoms with Gasteiger partial charge in [0.15, 0.2) is 0 Å². The number of carbonyl (C=O) groups is 1. The molecule has 1 aliphatic heterocycles. The molecular formula is C18H26N4O2. The third-order valence-corrected chi connectivity index (χ3v) is 5.02. The predicted molar refractivity (Wildman–Crippen MR) is 91.9 cm³/mol. The first-order chi connectivity index (χ1) is 11.5. The molecule has 130 valence electrons. The fraction of sp³-hybridized carbons (Fsp3) is 0.556. The van der Waals surface area contributed by atoms with Crippen molar-refractivity contribution in [3.05, 3.63) is 41.0 Å². The number of ether oxygens (including phenoxy) is 1. The Balaban J connectivity index is 1.67. The molecule has 1 aliphatic rings. The zero-order valence-electron chi connectivity index (χ0n) is 14.9. The van der Waals surface area contributed by atoms with Crippen molar-refractivity contribution in [3.63, 3.8) is 0 Å². The molecule has 24 heavy (non-hydrogen) atoms. The third-order valence-electron chi connectivity index (χ3n) is 5.02. The molecule has 1 fully saturated rings. The highest BCUT2D eigenvalue weighted by molar-refractivity contribution is 5.95. The summed E-state index contributed by atoms with van der Waals surface area (Å²) in [6.45, 7) is 8.35. The quantitative estimate of drug-likeness (QED) is 0.915. The number of aryl methyl sites for hydroxylation is 2.